The molecule has 0 radical (unpaired) electrons. The van der Waals surface area contributed by atoms with Crippen LogP contribution in [-0.4, -0.2) is 15.9 Å². The summed E-state index contributed by atoms with van der Waals surface area (Å²) in [5.74, 6) is -0.233. The Balaban J connectivity index is 1.97. The second-order valence-electron chi connectivity index (χ2n) is 5.49. The van der Waals surface area contributed by atoms with E-state index in [1.54, 1.807) is 23.5 Å². The predicted octanol–water partition coefficient (Wildman–Crippen LogP) is 4.25. The predicted molar refractivity (Wildman–Crippen MR) is 93.3 cm³/mol. The van der Waals surface area contributed by atoms with Gasteiger partial charge in [0, 0.05) is 5.56 Å². The highest BCUT2D eigenvalue weighted by Gasteiger charge is 2.17. The summed E-state index contributed by atoms with van der Waals surface area (Å²) in [5.41, 5.74) is 9.89. The number of hydrogen-bond donors (Lipinski definition) is 1. The number of thiazole rings is 1. The molecule has 0 bridgehead atoms. The fourth-order valence-corrected chi connectivity index (χ4v) is 3.96. The average molecular weight is 325 g/mol. The van der Waals surface area contributed by atoms with Gasteiger partial charge in [0.2, 0.25) is 0 Å². The standard InChI is InChI=1S/C18H16FN3S/c19-13-9-7-12(8-10-13)17-15(5-3-11-20)22-14-4-1-2-6-16(14)23-18(22)21-17/h1-2,4,6-10H,3,5,11,20H2. The molecule has 0 saturated heterocycles. The zero-order valence-electron chi connectivity index (χ0n) is 12.5. The van der Waals surface area contributed by atoms with Gasteiger partial charge in [0.05, 0.1) is 21.6 Å². The van der Waals surface area contributed by atoms with E-state index in [4.69, 9.17) is 10.7 Å². The zero-order chi connectivity index (χ0) is 15.8. The molecule has 0 aliphatic carbocycles. The van der Waals surface area contributed by atoms with Crippen LogP contribution >= 0.6 is 11.3 Å². The number of para-hydroxylation sites is 1. The van der Waals surface area contributed by atoms with Crippen LogP contribution in [0.15, 0.2) is 48.5 Å². The number of fused-ring (bicyclic) bond motifs is 3. The van der Waals surface area contributed by atoms with Gasteiger partial charge < -0.3 is 5.73 Å². The summed E-state index contributed by atoms with van der Waals surface area (Å²) in [7, 11) is 0. The van der Waals surface area contributed by atoms with Gasteiger partial charge in [-0.25, -0.2) is 9.37 Å². The first-order valence-electron chi connectivity index (χ1n) is 7.63. The van der Waals surface area contributed by atoms with Crippen molar-refractivity contribution in [1.82, 2.24) is 9.38 Å². The summed E-state index contributed by atoms with van der Waals surface area (Å²) in [6.07, 6.45) is 1.75. The first-order chi connectivity index (χ1) is 11.3. The first kappa shape index (κ1) is 14.4. The number of imidazole rings is 1. The number of rotatable bonds is 4. The number of nitrogens with two attached hydrogens (primary N) is 1. The molecule has 0 spiro atoms. The minimum absolute atomic E-state index is 0.233. The van der Waals surface area contributed by atoms with Crippen LogP contribution in [0.25, 0.3) is 26.4 Å². The van der Waals surface area contributed by atoms with Gasteiger partial charge in [-0.15, -0.1) is 0 Å². The number of nitrogens with zero attached hydrogens (tertiary/aromatic N) is 2. The van der Waals surface area contributed by atoms with Crippen molar-refractivity contribution < 1.29 is 4.39 Å². The van der Waals surface area contributed by atoms with Gasteiger partial charge in [-0.05, 0) is 55.8 Å². The van der Waals surface area contributed by atoms with Crippen molar-refractivity contribution in [2.45, 2.75) is 12.8 Å². The Morgan fingerprint density at radius 2 is 1.87 bits per heavy atom. The molecular formula is C18H16FN3S. The molecule has 0 atom stereocenters. The zero-order valence-corrected chi connectivity index (χ0v) is 13.3. The highest BCUT2D eigenvalue weighted by molar-refractivity contribution is 7.23. The van der Waals surface area contributed by atoms with E-state index in [2.05, 4.69) is 16.5 Å². The lowest BCUT2D eigenvalue weighted by molar-refractivity contribution is 0.628. The van der Waals surface area contributed by atoms with Crippen molar-refractivity contribution in [2.75, 3.05) is 6.54 Å². The average Bonchev–Trinajstić information content (AvgIpc) is 3.10. The topological polar surface area (TPSA) is 43.3 Å². The number of aryl methyl sites for hydroxylation is 1. The summed E-state index contributed by atoms with van der Waals surface area (Å²) in [6.45, 7) is 0.637. The summed E-state index contributed by atoms with van der Waals surface area (Å²) < 4.78 is 16.7. The van der Waals surface area contributed by atoms with Crippen molar-refractivity contribution in [3.63, 3.8) is 0 Å². The van der Waals surface area contributed by atoms with Gasteiger partial charge in [-0.2, -0.15) is 0 Å². The Morgan fingerprint density at radius 3 is 2.65 bits per heavy atom. The summed E-state index contributed by atoms with van der Waals surface area (Å²) in [6, 6.07) is 14.8. The maximum Gasteiger partial charge on any atom is 0.195 e. The molecule has 0 amide bonds. The highest BCUT2D eigenvalue weighted by atomic mass is 32.1. The molecule has 0 saturated carbocycles. The van der Waals surface area contributed by atoms with Gasteiger partial charge in [-0.3, -0.25) is 4.40 Å². The summed E-state index contributed by atoms with van der Waals surface area (Å²) in [5, 5.41) is 0. The van der Waals surface area contributed by atoms with E-state index in [1.807, 2.05) is 12.1 Å². The molecular weight excluding hydrogens is 309 g/mol. The molecule has 0 unspecified atom stereocenters. The fraction of sp³-hybridized carbons (Fsp3) is 0.167. The lowest BCUT2D eigenvalue weighted by atomic mass is 10.1. The molecule has 2 N–H and O–H groups in total. The van der Waals surface area contributed by atoms with E-state index in [9.17, 15) is 4.39 Å². The Morgan fingerprint density at radius 1 is 1.09 bits per heavy atom. The van der Waals surface area contributed by atoms with E-state index in [0.717, 1.165) is 34.8 Å². The SMILES string of the molecule is NCCCc1c(-c2ccc(F)cc2)nc2sc3ccccc3n12. The van der Waals surface area contributed by atoms with Crippen molar-refractivity contribution >= 4 is 26.5 Å². The van der Waals surface area contributed by atoms with Crippen molar-refractivity contribution in [3.8, 4) is 11.3 Å². The molecule has 0 fully saturated rings. The minimum atomic E-state index is -0.233. The molecule has 2 aromatic heterocycles. The third-order valence-electron chi connectivity index (χ3n) is 3.98. The van der Waals surface area contributed by atoms with Crippen LogP contribution in [0.4, 0.5) is 4.39 Å². The molecule has 4 aromatic rings. The van der Waals surface area contributed by atoms with Crippen molar-refractivity contribution in [1.29, 1.82) is 0 Å². The molecule has 4 rings (SSSR count). The van der Waals surface area contributed by atoms with Crippen LogP contribution in [0.3, 0.4) is 0 Å². The normalized spacial score (nSPS) is 11.6. The number of halogens is 1. The molecule has 3 nitrogen and oxygen atoms in total. The van der Waals surface area contributed by atoms with E-state index in [1.165, 1.54) is 22.3 Å². The van der Waals surface area contributed by atoms with Crippen LogP contribution < -0.4 is 5.73 Å². The van der Waals surface area contributed by atoms with E-state index in [-0.39, 0.29) is 5.82 Å². The third kappa shape index (κ3) is 2.42. The second kappa shape index (κ2) is 5.76. The lowest BCUT2D eigenvalue weighted by Crippen LogP contribution is -2.03. The van der Waals surface area contributed by atoms with E-state index >= 15 is 0 Å². The van der Waals surface area contributed by atoms with Gasteiger partial charge in [0.25, 0.3) is 0 Å². The Bertz CT molecular complexity index is 969. The fourth-order valence-electron chi connectivity index (χ4n) is 2.91. The molecule has 5 heteroatoms. The molecule has 0 aliphatic rings. The van der Waals surface area contributed by atoms with Crippen LogP contribution in [0.2, 0.25) is 0 Å². The van der Waals surface area contributed by atoms with Crippen LogP contribution in [0.5, 0.6) is 0 Å². The van der Waals surface area contributed by atoms with Gasteiger partial charge >= 0.3 is 0 Å². The summed E-state index contributed by atoms with van der Waals surface area (Å²) in [4.78, 5) is 5.79. The Labute approximate surface area is 137 Å². The molecule has 0 aliphatic heterocycles. The van der Waals surface area contributed by atoms with Crippen molar-refractivity contribution in [2.24, 2.45) is 5.73 Å². The first-order valence-corrected chi connectivity index (χ1v) is 8.44. The Kier molecular flexibility index (Phi) is 3.59. The molecule has 2 aromatic carbocycles. The van der Waals surface area contributed by atoms with Crippen LogP contribution in [-0.2, 0) is 6.42 Å². The maximum atomic E-state index is 13.2. The largest absolute Gasteiger partial charge is 0.330 e. The van der Waals surface area contributed by atoms with Crippen molar-refractivity contribution in [3.05, 3.63) is 60.0 Å². The van der Waals surface area contributed by atoms with E-state index in [0.29, 0.717) is 6.54 Å². The third-order valence-corrected chi connectivity index (χ3v) is 5.01. The van der Waals surface area contributed by atoms with Gasteiger partial charge in [0.15, 0.2) is 4.96 Å². The summed E-state index contributed by atoms with van der Waals surface area (Å²) >= 11 is 1.67. The van der Waals surface area contributed by atoms with Crippen LogP contribution in [0, 0.1) is 5.82 Å². The maximum absolute atomic E-state index is 13.2. The van der Waals surface area contributed by atoms with Gasteiger partial charge in [-0.1, -0.05) is 23.5 Å². The Hall–Kier alpha value is -2.24. The quantitative estimate of drug-likeness (QED) is 0.609. The molecule has 116 valence electrons. The van der Waals surface area contributed by atoms with E-state index < -0.39 is 0 Å². The highest BCUT2D eigenvalue weighted by Crippen LogP contribution is 2.33. The minimum Gasteiger partial charge on any atom is -0.330 e. The molecule has 23 heavy (non-hydrogen) atoms. The number of benzene rings is 2. The second-order valence-corrected chi connectivity index (χ2v) is 6.50. The van der Waals surface area contributed by atoms with Crippen LogP contribution in [0.1, 0.15) is 12.1 Å². The smallest absolute Gasteiger partial charge is 0.195 e. The number of hydrogen-bond acceptors (Lipinski definition) is 3. The van der Waals surface area contributed by atoms with Gasteiger partial charge in [0.1, 0.15) is 5.82 Å². The molecule has 2 heterocycles. The number of aromatic nitrogens is 2. The monoisotopic (exact) mass is 325 g/mol. The lowest BCUT2D eigenvalue weighted by Gasteiger charge is -2.05.